The molecule has 0 aliphatic rings. The van der Waals surface area contributed by atoms with Crippen molar-refractivity contribution < 1.29 is 0 Å². The van der Waals surface area contributed by atoms with Crippen LogP contribution in [-0.4, -0.2) is 9.78 Å². The van der Waals surface area contributed by atoms with Crippen LogP contribution in [0, 0.1) is 6.92 Å². The molecule has 5 heteroatoms. The fraction of sp³-hybridized carbons (Fsp3) is 0.167. The maximum atomic E-state index is 12.5. The predicted molar refractivity (Wildman–Crippen MR) is 91.1 cm³/mol. The molecule has 0 atom stereocenters. The van der Waals surface area contributed by atoms with Gasteiger partial charge in [-0.3, -0.25) is 9.89 Å². The van der Waals surface area contributed by atoms with Gasteiger partial charge in [0, 0.05) is 0 Å². The lowest BCUT2D eigenvalue weighted by atomic mass is 10.1. The van der Waals surface area contributed by atoms with Crippen molar-refractivity contribution in [3.8, 4) is 5.69 Å². The van der Waals surface area contributed by atoms with E-state index in [-0.39, 0.29) is 5.56 Å². The highest BCUT2D eigenvalue weighted by molar-refractivity contribution is 5.47. The van der Waals surface area contributed by atoms with Crippen molar-refractivity contribution in [2.24, 2.45) is 10.2 Å². The minimum atomic E-state index is -0.202. The summed E-state index contributed by atoms with van der Waals surface area (Å²) in [5.74, 6) is 0. The Morgan fingerprint density at radius 1 is 1.00 bits per heavy atom. The van der Waals surface area contributed by atoms with Gasteiger partial charge in [0.25, 0.3) is 5.56 Å². The zero-order valence-electron chi connectivity index (χ0n) is 13.2. The molecular formula is C18H18N4O. The molecule has 1 N–H and O–H groups in total. The molecule has 0 saturated heterocycles. The summed E-state index contributed by atoms with van der Waals surface area (Å²) < 4.78 is 1.48. The Hall–Kier alpha value is -2.95. The van der Waals surface area contributed by atoms with Crippen LogP contribution in [0.2, 0.25) is 0 Å². The maximum absolute atomic E-state index is 12.5. The molecule has 5 nitrogen and oxygen atoms in total. The molecule has 0 aliphatic heterocycles. The second kappa shape index (κ2) is 6.44. The van der Waals surface area contributed by atoms with Crippen LogP contribution in [0.25, 0.3) is 5.69 Å². The second-order valence-corrected chi connectivity index (χ2v) is 5.24. The first-order valence-electron chi connectivity index (χ1n) is 7.57. The monoisotopic (exact) mass is 306 g/mol. The van der Waals surface area contributed by atoms with Crippen LogP contribution in [-0.2, 0) is 6.42 Å². The lowest BCUT2D eigenvalue weighted by molar-refractivity contribution is 0.835. The molecule has 1 aromatic heterocycles. The Bertz CT molecular complexity index is 891. The molecule has 0 spiro atoms. The number of rotatable bonds is 4. The quantitative estimate of drug-likeness (QED) is 0.711. The standard InChI is InChI=1S/C18H18N4O/c1-3-14-9-7-8-12-16(14)19-20-17-13(2)21-22(18(17)23)15-10-5-4-6-11-15/h4-12,21H,3H2,1-2H3. The Morgan fingerprint density at radius 2 is 1.70 bits per heavy atom. The van der Waals surface area contributed by atoms with Crippen molar-refractivity contribution in [2.75, 3.05) is 0 Å². The van der Waals surface area contributed by atoms with E-state index >= 15 is 0 Å². The zero-order chi connectivity index (χ0) is 16.2. The van der Waals surface area contributed by atoms with Crippen molar-refractivity contribution in [3.05, 3.63) is 76.2 Å². The molecule has 0 radical (unpaired) electrons. The number of H-pyrrole nitrogens is 1. The van der Waals surface area contributed by atoms with Crippen LogP contribution in [0.5, 0.6) is 0 Å². The first-order chi connectivity index (χ1) is 11.2. The van der Waals surface area contributed by atoms with Crippen molar-refractivity contribution in [1.29, 1.82) is 0 Å². The number of azo groups is 1. The first kappa shape index (κ1) is 15.0. The number of nitrogens with one attached hydrogen (secondary N) is 1. The number of hydrogen-bond acceptors (Lipinski definition) is 3. The van der Waals surface area contributed by atoms with E-state index in [9.17, 15) is 4.79 Å². The number of aromatic nitrogens is 2. The average molecular weight is 306 g/mol. The van der Waals surface area contributed by atoms with Crippen molar-refractivity contribution in [1.82, 2.24) is 9.78 Å². The summed E-state index contributed by atoms with van der Waals surface area (Å²) >= 11 is 0. The Labute approximate surface area is 134 Å². The van der Waals surface area contributed by atoms with Crippen molar-refractivity contribution >= 4 is 11.4 Å². The Morgan fingerprint density at radius 3 is 2.43 bits per heavy atom. The SMILES string of the molecule is CCc1ccccc1N=Nc1c(C)[nH]n(-c2ccccc2)c1=O. The largest absolute Gasteiger partial charge is 0.299 e. The van der Waals surface area contributed by atoms with Crippen LogP contribution in [0.3, 0.4) is 0 Å². The number of benzene rings is 2. The minimum Gasteiger partial charge on any atom is -0.293 e. The molecule has 116 valence electrons. The van der Waals surface area contributed by atoms with Gasteiger partial charge in [0.1, 0.15) is 0 Å². The van der Waals surface area contributed by atoms with Gasteiger partial charge in [-0.25, -0.2) is 4.68 Å². The van der Waals surface area contributed by atoms with Crippen LogP contribution in [0.1, 0.15) is 18.2 Å². The van der Waals surface area contributed by atoms with E-state index in [2.05, 4.69) is 22.3 Å². The number of aromatic amines is 1. The highest BCUT2D eigenvalue weighted by atomic mass is 16.1. The van der Waals surface area contributed by atoms with E-state index in [4.69, 9.17) is 0 Å². The normalized spacial score (nSPS) is 11.2. The number of para-hydroxylation sites is 1. The number of hydrogen-bond donors (Lipinski definition) is 1. The number of aryl methyl sites for hydroxylation is 2. The number of nitrogens with zero attached hydrogens (tertiary/aromatic N) is 3. The molecule has 0 fully saturated rings. The van der Waals surface area contributed by atoms with Gasteiger partial charge in [0.2, 0.25) is 0 Å². The van der Waals surface area contributed by atoms with Crippen LogP contribution in [0.15, 0.2) is 69.6 Å². The summed E-state index contributed by atoms with van der Waals surface area (Å²) in [4.78, 5) is 12.5. The van der Waals surface area contributed by atoms with Gasteiger partial charge in [0.15, 0.2) is 5.69 Å². The highest BCUT2D eigenvalue weighted by Gasteiger charge is 2.12. The van der Waals surface area contributed by atoms with E-state index in [0.29, 0.717) is 11.4 Å². The summed E-state index contributed by atoms with van der Waals surface area (Å²) in [7, 11) is 0. The molecule has 0 unspecified atom stereocenters. The fourth-order valence-electron chi connectivity index (χ4n) is 2.43. The molecular weight excluding hydrogens is 288 g/mol. The zero-order valence-corrected chi connectivity index (χ0v) is 13.2. The van der Waals surface area contributed by atoms with E-state index in [0.717, 1.165) is 23.4 Å². The molecule has 3 aromatic rings. The third kappa shape index (κ3) is 2.99. The first-order valence-corrected chi connectivity index (χ1v) is 7.57. The van der Waals surface area contributed by atoms with Crippen molar-refractivity contribution in [3.63, 3.8) is 0 Å². The smallest absolute Gasteiger partial charge is 0.293 e. The van der Waals surface area contributed by atoms with E-state index in [1.165, 1.54) is 4.68 Å². The van der Waals surface area contributed by atoms with E-state index in [1.54, 1.807) is 0 Å². The Kier molecular flexibility index (Phi) is 4.19. The third-order valence-electron chi connectivity index (χ3n) is 3.69. The summed E-state index contributed by atoms with van der Waals surface area (Å²) in [6.45, 7) is 3.89. The molecule has 0 bridgehead atoms. The fourth-order valence-corrected chi connectivity index (χ4v) is 2.43. The van der Waals surface area contributed by atoms with Crippen LogP contribution < -0.4 is 5.56 Å². The Balaban J connectivity index is 2.00. The van der Waals surface area contributed by atoms with Crippen LogP contribution in [0.4, 0.5) is 11.4 Å². The van der Waals surface area contributed by atoms with Crippen molar-refractivity contribution in [2.45, 2.75) is 20.3 Å². The summed E-state index contributed by atoms with van der Waals surface area (Å²) in [5, 5.41) is 11.5. The van der Waals surface area contributed by atoms with Gasteiger partial charge < -0.3 is 0 Å². The molecule has 0 aliphatic carbocycles. The topological polar surface area (TPSA) is 62.5 Å². The molecule has 1 heterocycles. The maximum Gasteiger partial charge on any atom is 0.299 e. The molecule has 0 saturated carbocycles. The van der Waals surface area contributed by atoms with Gasteiger partial charge in [-0.2, -0.15) is 5.11 Å². The summed E-state index contributed by atoms with van der Waals surface area (Å²) in [6, 6.07) is 17.2. The lowest BCUT2D eigenvalue weighted by Gasteiger charge is -1.99. The summed E-state index contributed by atoms with van der Waals surface area (Å²) in [6.07, 6.45) is 0.871. The van der Waals surface area contributed by atoms with Gasteiger partial charge in [-0.15, -0.1) is 5.11 Å². The van der Waals surface area contributed by atoms with E-state index in [1.807, 2.05) is 61.5 Å². The van der Waals surface area contributed by atoms with Gasteiger partial charge >= 0.3 is 0 Å². The van der Waals surface area contributed by atoms with Crippen LogP contribution >= 0.6 is 0 Å². The van der Waals surface area contributed by atoms with Gasteiger partial charge in [0.05, 0.1) is 17.1 Å². The average Bonchev–Trinajstić information content (AvgIpc) is 2.88. The highest BCUT2D eigenvalue weighted by Crippen LogP contribution is 2.22. The van der Waals surface area contributed by atoms with E-state index < -0.39 is 0 Å². The predicted octanol–water partition coefficient (Wildman–Crippen LogP) is 4.45. The molecule has 0 amide bonds. The third-order valence-corrected chi connectivity index (χ3v) is 3.69. The van der Waals surface area contributed by atoms with Gasteiger partial charge in [-0.1, -0.05) is 43.3 Å². The molecule has 3 rings (SSSR count). The summed E-state index contributed by atoms with van der Waals surface area (Å²) in [5.41, 5.74) is 3.49. The lowest BCUT2D eigenvalue weighted by Crippen LogP contribution is -2.13. The van der Waals surface area contributed by atoms with Gasteiger partial charge in [-0.05, 0) is 37.1 Å². The minimum absolute atomic E-state index is 0.202. The second-order valence-electron chi connectivity index (χ2n) is 5.24. The molecule has 2 aromatic carbocycles. The molecule has 23 heavy (non-hydrogen) atoms.